The second-order valence-electron chi connectivity index (χ2n) is 10.2. The van der Waals surface area contributed by atoms with Crippen molar-refractivity contribution in [2.45, 2.75) is 38.4 Å². The van der Waals surface area contributed by atoms with Gasteiger partial charge in [0.2, 0.25) is 0 Å². The Balaban J connectivity index is 1.27. The van der Waals surface area contributed by atoms with Crippen molar-refractivity contribution in [1.29, 1.82) is 0 Å². The molecule has 1 unspecified atom stereocenters. The Bertz CT molecular complexity index is 1440. The molecule has 0 spiro atoms. The molecule has 2 amide bonds. The number of anilines is 1. The molecule has 0 saturated heterocycles. The fourth-order valence-electron chi connectivity index (χ4n) is 5.11. The highest BCUT2D eigenvalue weighted by Crippen LogP contribution is 2.38. The Hall–Kier alpha value is -4.34. The van der Waals surface area contributed by atoms with Crippen LogP contribution in [0.15, 0.2) is 65.8 Å². The minimum absolute atomic E-state index is 0.0431. The number of benzene rings is 3. The first-order valence-corrected chi connectivity index (χ1v) is 12.7. The fraction of sp³-hybridized carbons (Fsp3) is 0.310. The lowest BCUT2D eigenvalue weighted by Gasteiger charge is -2.21. The van der Waals surface area contributed by atoms with Crippen molar-refractivity contribution in [3.05, 3.63) is 77.4 Å². The van der Waals surface area contributed by atoms with Gasteiger partial charge in [-0.15, -0.1) is 0 Å². The molecule has 3 aromatic carbocycles. The molecule has 202 valence electrons. The van der Waals surface area contributed by atoms with Gasteiger partial charge < -0.3 is 24.3 Å². The number of carbonyl (C=O) groups is 1. The Morgan fingerprint density at radius 1 is 1.03 bits per heavy atom. The maximum absolute atomic E-state index is 13.3. The van der Waals surface area contributed by atoms with Gasteiger partial charge in [0, 0.05) is 23.6 Å². The number of fused-ring (bicyclic) bond motifs is 2. The quantitative estimate of drug-likeness (QED) is 0.446. The SMILES string of the molecule is CC1(C)Cc2cc(NC(=O)N3CC(c4ccc5c(c4)OCCO5)C(c4ccc(OC(F)F)cc4)=N3)ccc2O1. The third-order valence-electron chi connectivity index (χ3n) is 6.81. The smallest absolute Gasteiger partial charge is 0.387 e. The summed E-state index contributed by atoms with van der Waals surface area (Å²) >= 11 is 0. The van der Waals surface area contributed by atoms with Gasteiger partial charge in [0.25, 0.3) is 0 Å². The summed E-state index contributed by atoms with van der Waals surface area (Å²) in [6.45, 7) is 2.34. The van der Waals surface area contributed by atoms with E-state index in [9.17, 15) is 13.6 Å². The van der Waals surface area contributed by atoms with E-state index in [4.69, 9.17) is 14.2 Å². The molecule has 0 bridgehead atoms. The number of rotatable bonds is 5. The number of nitrogens with one attached hydrogen (secondary N) is 1. The Morgan fingerprint density at radius 2 is 1.77 bits per heavy atom. The number of hydrogen-bond acceptors (Lipinski definition) is 6. The van der Waals surface area contributed by atoms with Crippen LogP contribution in [0.2, 0.25) is 0 Å². The van der Waals surface area contributed by atoms with E-state index in [1.165, 1.54) is 17.1 Å². The maximum atomic E-state index is 13.3. The van der Waals surface area contributed by atoms with Gasteiger partial charge in [-0.2, -0.15) is 13.9 Å². The van der Waals surface area contributed by atoms with E-state index in [-0.39, 0.29) is 29.8 Å². The van der Waals surface area contributed by atoms with Crippen LogP contribution in [0, 0.1) is 0 Å². The van der Waals surface area contributed by atoms with E-state index >= 15 is 0 Å². The predicted octanol–water partition coefficient (Wildman–Crippen LogP) is 5.81. The monoisotopic (exact) mass is 535 g/mol. The molecule has 3 aromatic rings. The lowest BCUT2D eigenvalue weighted by atomic mass is 9.90. The van der Waals surface area contributed by atoms with Crippen LogP contribution in [0.25, 0.3) is 0 Å². The van der Waals surface area contributed by atoms with Crippen molar-refractivity contribution in [2.24, 2.45) is 5.10 Å². The van der Waals surface area contributed by atoms with Crippen LogP contribution in [-0.4, -0.2) is 48.7 Å². The average Bonchev–Trinajstić information content (AvgIpc) is 3.48. The topological polar surface area (TPSA) is 81.6 Å². The highest BCUT2D eigenvalue weighted by atomic mass is 19.3. The van der Waals surface area contributed by atoms with Gasteiger partial charge in [-0.3, -0.25) is 0 Å². The van der Waals surface area contributed by atoms with Crippen LogP contribution in [0.1, 0.15) is 36.5 Å². The molecule has 1 atom stereocenters. The van der Waals surface area contributed by atoms with Gasteiger partial charge in [-0.25, -0.2) is 9.80 Å². The van der Waals surface area contributed by atoms with E-state index in [1.807, 2.05) is 44.2 Å². The molecule has 3 heterocycles. The summed E-state index contributed by atoms with van der Waals surface area (Å²) in [6, 6.07) is 17.1. The second-order valence-corrected chi connectivity index (χ2v) is 10.2. The highest BCUT2D eigenvalue weighted by molar-refractivity contribution is 6.08. The largest absolute Gasteiger partial charge is 0.487 e. The van der Waals surface area contributed by atoms with Crippen LogP contribution < -0.4 is 24.3 Å². The molecule has 39 heavy (non-hydrogen) atoms. The summed E-state index contributed by atoms with van der Waals surface area (Å²) < 4.78 is 47.1. The summed E-state index contributed by atoms with van der Waals surface area (Å²) in [5.41, 5.74) is 3.58. The Morgan fingerprint density at radius 3 is 2.54 bits per heavy atom. The predicted molar refractivity (Wildman–Crippen MR) is 140 cm³/mol. The highest BCUT2D eigenvalue weighted by Gasteiger charge is 2.34. The van der Waals surface area contributed by atoms with Crippen LogP contribution in [0.3, 0.4) is 0 Å². The first-order valence-electron chi connectivity index (χ1n) is 12.7. The molecule has 0 saturated carbocycles. The zero-order valence-corrected chi connectivity index (χ0v) is 21.4. The maximum Gasteiger partial charge on any atom is 0.387 e. The van der Waals surface area contributed by atoms with Gasteiger partial charge in [-0.1, -0.05) is 6.07 Å². The van der Waals surface area contributed by atoms with Gasteiger partial charge in [0.05, 0.1) is 12.3 Å². The van der Waals surface area contributed by atoms with E-state index in [0.717, 1.165) is 23.3 Å². The second kappa shape index (κ2) is 9.76. The molecular formula is C29H27F2N3O5. The number of carbonyl (C=O) groups excluding carboxylic acids is 1. The van der Waals surface area contributed by atoms with Crippen LogP contribution in [-0.2, 0) is 6.42 Å². The first-order chi connectivity index (χ1) is 18.7. The van der Waals surface area contributed by atoms with Crippen molar-refractivity contribution in [1.82, 2.24) is 5.01 Å². The van der Waals surface area contributed by atoms with E-state index in [2.05, 4.69) is 15.2 Å². The van der Waals surface area contributed by atoms with Crippen molar-refractivity contribution < 1.29 is 32.5 Å². The zero-order valence-electron chi connectivity index (χ0n) is 21.4. The summed E-state index contributed by atoms with van der Waals surface area (Å²) in [7, 11) is 0. The van der Waals surface area contributed by atoms with Crippen LogP contribution >= 0.6 is 0 Å². The number of amides is 2. The van der Waals surface area contributed by atoms with Crippen LogP contribution in [0.5, 0.6) is 23.0 Å². The minimum Gasteiger partial charge on any atom is -0.487 e. The molecule has 3 aliphatic heterocycles. The number of urea groups is 1. The number of alkyl halides is 2. The zero-order chi connectivity index (χ0) is 27.1. The van der Waals surface area contributed by atoms with Crippen molar-refractivity contribution in [2.75, 3.05) is 25.1 Å². The molecule has 8 nitrogen and oxygen atoms in total. The third-order valence-corrected chi connectivity index (χ3v) is 6.81. The molecular weight excluding hydrogens is 508 g/mol. The molecule has 1 N–H and O–H groups in total. The molecule has 0 radical (unpaired) electrons. The molecule has 3 aliphatic rings. The molecule has 6 rings (SSSR count). The molecule has 10 heteroatoms. The number of ether oxygens (including phenoxy) is 4. The third kappa shape index (κ3) is 5.19. The normalized spacial score (nSPS) is 18.8. The molecule has 0 aromatic heterocycles. The average molecular weight is 536 g/mol. The summed E-state index contributed by atoms with van der Waals surface area (Å²) in [6.07, 6.45) is 0.746. The number of halogens is 2. The van der Waals surface area contributed by atoms with Gasteiger partial charge in [0.15, 0.2) is 11.5 Å². The summed E-state index contributed by atoms with van der Waals surface area (Å²) in [5.74, 6) is 1.86. The fourth-order valence-corrected chi connectivity index (χ4v) is 5.11. The van der Waals surface area contributed by atoms with E-state index in [1.54, 1.807) is 18.2 Å². The number of nitrogens with zero attached hydrogens (tertiary/aromatic N) is 2. The molecule has 0 fully saturated rings. The van der Waals surface area contributed by atoms with Gasteiger partial charge in [-0.05, 0) is 79.6 Å². The van der Waals surface area contributed by atoms with Crippen molar-refractivity contribution >= 4 is 17.4 Å². The first kappa shape index (κ1) is 25.0. The lowest BCUT2D eigenvalue weighted by Crippen LogP contribution is -2.30. The molecule has 0 aliphatic carbocycles. The van der Waals surface area contributed by atoms with Gasteiger partial charge in [0.1, 0.15) is 30.3 Å². The van der Waals surface area contributed by atoms with E-state index in [0.29, 0.717) is 41.7 Å². The van der Waals surface area contributed by atoms with Crippen LogP contribution in [0.4, 0.5) is 19.3 Å². The summed E-state index contributed by atoms with van der Waals surface area (Å²) in [5, 5.41) is 8.99. The Labute approximate surface area is 224 Å². The Kier molecular flexibility index (Phi) is 6.25. The number of hydrazone groups is 1. The minimum atomic E-state index is -2.92. The number of hydrogen-bond donors (Lipinski definition) is 1. The van der Waals surface area contributed by atoms with Gasteiger partial charge >= 0.3 is 12.6 Å². The van der Waals surface area contributed by atoms with Crippen molar-refractivity contribution in [3.63, 3.8) is 0 Å². The standard InChI is InChI=1S/C29H27F2N3O5/c1-29(2)15-19-13-20(6-10-23(19)39-29)32-28(35)34-16-22(18-5-9-24-25(14-18)37-12-11-36-24)26(33-34)17-3-7-21(8-4-17)38-27(30)31/h3-10,13-14,22,27H,11-12,15-16H2,1-2H3,(H,32,35). The lowest BCUT2D eigenvalue weighted by molar-refractivity contribution is -0.0498. The van der Waals surface area contributed by atoms with E-state index < -0.39 is 6.61 Å². The summed E-state index contributed by atoms with van der Waals surface area (Å²) in [4.78, 5) is 13.3. The van der Waals surface area contributed by atoms with Crippen molar-refractivity contribution in [3.8, 4) is 23.0 Å².